The third-order valence-corrected chi connectivity index (χ3v) is 6.42. The molecule has 0 radical (unpaired) electrons. The highest BCUT2D eigenvalue weighted by Crippen LogP contribution is 2.37. The van der Waals surface area contributed by atoms with E-state index in [2.05, 4.69) is 15.6 Å². The number of nitrogens with zero attached hydrogens (tertiary/aromatic N) is 3. The highest BCUT2D eigenvalue weighted by Gasteiger charge is 2.14. The summed E-state index contributed by atoms with van der Waals surface area (Å²) in [5, 5.41) is 9.96. The molecule has 0 amide bonds. The Kier molecular flexibility index (Phi) is 8.16. The zero-order valence-corrected chi connectivity index (χ0v) is 20.5. The van der Waals surface area contributed by atoms with E-state index in [9.17, 15) is 4.39 Å². The fourth-order valence-corrected chi connectivity index (χ4v) is 4.37. The Balaban J connectivity index is 1.40. The van der Waals surface area contributed by atoms with Crippen LogP contribution < -0.4 is 14.9 Å². The molecule has 0 bridgehead atoms. The molecule has 1 N–H and O–H groups in total. The lowest BCUT2D eigenvalue weighted by molar-refractivity contribution is 0.280. The average molecular weight is 519 g/mol. The summed E-state index contributed by atoms with van der Waals surface area (Å²) < 4.78 is 26.9. The van der Waals surface area contributed by atoms with Gasteiger partial charge in [0.15, 0.2) is 11.5 Å². The van der Waals surface area contributed by atoms with Crippen molar-refractivity contribution >= 4 is 35.0 Å². The van der Waals surface area contributed by atoms with Crippen LogP contribution in [0.4, 0.5) is 4.39 Å². The predicted octanol–water partition coefficient (Wildman–Crippen LogP) is 6.35. The van der Waals surface area contributed by atoms with Gasteiger partial charge in [-0.2, -0.15) is 0 Å². The number of nitrogens with one attached hydrogen (secondary N) is 1. The molecule has 0 aliphatic rings. The molecule has 3 aromatic carbocycles. The molecule has 4 rings (SSSR count). The molecule has 0 fully saturated rings. The second kappa shape index (κ2) is 11.5. The third kappa shape index (κ3) is 6.14. The van der Waals surface area contributed by atoms with Crippen molar-refractivity contribution in [1.29, 1.82) is 0 Å². The first kappa shape index (κ1) is 24.2. The van der Waals surface area contributed by atoms with Crippen LogP contribution in [0.25, 0.3) is 0 Å². The van der Waals surface area contributed by atoms with Crippen LogP contribution in [0.3, 0.4) is 0 Å². The Morgan fingerprint density at radius 1 is 1.06 bits per heavy atom. The summed E-state index contributed by atoms with van der Waals surface area (Å²) in [6.07, 6.45) is 1.61. The van der Waals surface area contributed by atoms with Gasteiger partial charge >= 0.3 is 0 Å². The fourth-order valence-electron chi connectivity index (χ4n) is 3.12. The summed E-state index contributed by atoms with van der Waals surface area (Å²) >= 11 is 14.0. The minimum atomic E-state index is -0.336. The van der Waals surface area contributed by atoms with Gasteiger partial charge in [-0.05, 0) is 41.5 Å². The summed E-state index contributed by atoms with van der Waals surface area (Å²) in [6, 6.07) is 17.7. The average Bonchev–Trinajstić information content (AvgIpc) is 3.29. The van der Waals surface area contributed by atoms with E-state index >= 15 is 0 Å². The van der Waals surface area contributed by atoms with Crippen molar-refractivity contribution in [2.45, 2.75) is 24.1 Å². The van der Waals surface area contributed by atoms with Gasteiger partial charge in [-0.25, -0.2) is 9.07 Å². The maximum Gasteiger partial charge on any atom is 0.210 e. The zero-order valence-electron chi connectivity index (χ0n) is 18.2. The van der Waals surface area contributed by atoms with Crippen LogP contribution in [0.1, 0.15) is 16.7 Å². The molecule has 1 heterocycles. The second-order valence-electron chi connectivity index (χ2n) is 7.22. The first-order valence-corrected chi connectivity index (χ1v) is 12.0. The van der Waals surface area contributed by atoms with Crippen molar-refractivity contribution in [1.82, 2.24) is 14.9 Å². The summed E-state index contributed by atoms with van der Waals surface area (Å²) in [7, 11) is 1.53. The predicted molar refractivity (Wildman–Crippen MR) is 133 cm³/mol. The summed E-state index contributed by atoms with van der Waals surface area (Å²) in [6.45, 7) is 0.478. The molecular weight excluding hydrogens is 498 g/mol. The molecule has 0 aliphatic carbocycles. The number of benzene rings is 3. The molecule has 0 atom stereocenters. The van der Waals surface area contributed by atoms with E-state index in [1.807, 2.05) is 30.3 Å². The highest BCUT2D eigenvalue weighted by molar-refractivity contribution is 7.98. The van der Waals surface area contributed by atoms with E-state index < -0.39 is 0 Å². The van der Waals surface area contributed by atoms with Gasteiger partial charge in [0, 0.05) is 16.3 Å². The van der Waals surface area contributed by atoms with E-state index in [4.69, 9.17) is 32.7 Å². The van der Waals surface area contributed by atoms with Crippen LogP contribution in [0, 0.1) is 5.82 Å². The largest absolute Gasteiger partial charge is 0.493 e. The standard InChI is InChI=1S/C24H21Cl2FN4O2S/c1-32-22-11-17(10-20(26)23(22)33-13-18-4-2-3-5-21(18)27)12-29-31-15-28-30-24(31)34-14-16-6-8-19(25)9-7-16/h2-11,15,29H,12-14H2,1H3. The Labute approximate surface area is 211 Å². The maximum atomic E-state index is 13.9. The summed E-state index contributed by atoms with van der Waals surface area (Å²) in [4.78, 5) is 0. The zero-order chi connectivity index (χ0) is 23.9. The lowest BCUT2D eigenvalue weighted by Gasteiger charge is -2.15. The fraction of sp³-hybridized carbons (Fsp3) is 0.167. The first-order valence-electron chi connectivity index (χ1n) is 10.3. The van der Waals surface area contributed by atoms with Crippen molar-refractivity contribution in [2.24, 2.45) is 0 Å². The molecule has 6 nitrogen and oxygen atoms in total. The molecule has 0 aliphatic heterocycles. The lowest BCUT2D eigenvalue weighted by atomic mass is 10.2. The monoisotopic (exact) mass is 518 g/mol. The van der Waals surface area contributed by atoms with E-state index in [1.165, 1.54) is 13.2 Å². The second-order valence-corrected chi connectivity index (χ2v) is 9.01. The first-order chi connectivity index (χ1) is 16.5. The highest BCUT2D eigenvalue weighted by atomic mass is 35.5. The number of aromatic nitrogens is 3. The van der Waals surface area contributed by atoms with Gasteiger partial charge in [-0.15, -0.1) is 10.2 Å². The van der Waals surface area contributed by atoms with Gasteiger partial charge in [0.05, 0.1) is 18.7 Å². The number of ether oxygens (including phenoxy) is 2. The molecule has 1 aromatic heterocycles. The molecular formula is C24H21Cl2FN4O2S. The molecule has 34 heavy (non-hydrogen) atoms. The van der Waals surface area contributed by atoms with Crippen molar-refractivity contribution in [3.05, 3.63) is 99.5 Å². The van der Waals surface area contributed by atoms with Gasteiger partial charge in [-0.3, -0.25) is 0 Å². The lowest BCUT2D eigenvalue weighted by Crippen LogP contribution is -2.14. The van der Waals surface area contributed by atoms with Crippen molar-refractivity contribution in [2.75, 3.05) is 12.5 Å². The number of rotatable bonds is 10. The van der Waals surface area contributed by atoms with E-state index in [0.717, 1.165) is 22.0 Å². The van der Waals surface area contributed by atoms with Crippen LogP contribution in [-0.4, -0.2) is 22.0 Å². The maximum absolute atomic E-state index is 13.9. The third-order valence-electron chi connectivity index (χ3n) is 4.87. The molecule has 4 aromatic rings. The number of thioether (sulfide) groups is 1. The molecule has 10 heteroatoms. The summed E-state index contributed by atoms with van der Waals surface area (Å²) in [5.74, 6) is 1.21. The van der Waals surface area contributed by atoms with Gasteiger partial charge in [0.1, 0.15) is 18.8 Å². The minimum Gasteiger partial charge on any atom is -0.493 e. The Bertz CT molecular complexity index is 1250. The molecule has 0 spiro atoms. The SMILES string of the molecule is COc1cc(CNn2cnnc2SCc2ccc(Cl)cc2)cc(Cl)c1OCc1ccccc1F. The smallest absolute Gasteiger partial charge is 0.210 e. The van der Waals surface area contributed by atoms with E-state index in [0.29, 0.717) is 33.7 Å². The van der Waals surface area contributed by atoms with E-state index in [-0.39, 0.29) is 12.4 Å². The number of halogens is 3. The molecule has 176 valence electrons. The summed E-state index contributed by atoms with van der Waals surface area (Å²) in [5.41, 5.74) is 5.69. The van der Waals surface area contributed by atoms with E-state index in [1.54, 1.807) is 47.0 Å². The van der Waals surface area contributed by atoms with Gasteiger partial charge in [0.2, 0.25) is 5.16 Å². The Morgan fingerprint density at radius 2 is 1.85 bits per heavy atom. The number of hydrogen-bond acceptors (Lipinski definition) is 6. The number of methoxy groups -OCH3 is 1. The molecule has 0 saturated heterocycles. The van der Waals surface area contributed by atoms with Crippen LogP contribution in [0.15, 0.2) is 72.1 Å². The normalized spacial score (nSPS) is 10.8. The topological polar surface area (TPSA) is 61.2 Å². The van der Waals surface area contributed by atoms with Crippen LogP contribution in [-0.2, 0) is 18.9 Å². The van der Waals surface area contributed by atoms with Crippen molar-refractivity contribution < 1.29 is 13.9 Å². The van der Waals surface area contributed by atoms with Gasteiger partial charge in [0.25, 0.3) is 0 Å². The number of hydrogen-bond donors (Lipinski definition) is 1. The Hall–Kier alpha value is -2.94. The minimum absolute atomic E-state index is 0.0370. The van der Waals surface area contributed by atoms with Crippen LogP contribution in [0.2, 0.25) is 10.0 Å². The van der Waals surface area contributed by atoms with Gasteiger partial charge < -0.3 is 14.9 Å². The van der Waals surface area contributed by atoms with Crippen molar-refractivity contribution in [3.8, 4) is 11.5 Å². The Morgan fingerprint density at radius 3 is 2.62 bits per heavy atom. The molecule has 0 saturated carbocycles. The van der Waals surface area contributed by atoms with Crippen LogP contribution in [0.5, 0.6) is 11.5 Å². The quantitative estimate of drug-likeness (QED) is 0.247. The van der Waals surface area contributed by atoms with Crippen molar-refractivity contribution in [3.63, 3.8) is 0 Å². The van der Waals surface area contributed by atoms with Crippen LogP contribution >= 0.6 is 35.0 Å². The van der Waals surface area contributed by atoms with Gasteiger partial charge in [-0.1, -0.05) is 65.3 Å². The molecule has 0 unspecified atom stereocenters.